The van der Waals surface area contributed by atoms with Gasteiger partial charge in [0.1, 0.15) is 5.01 Å². The topological polar surface area (TPSA) is 34.1 Å². The van der Waals surface area contributed by atoms with E-state index in [2.05, 4.69) is 24.1 Å². The van der Waals surface area contributed by atoms with E-state index in [0.29, 0.717) is 6.61 Å². The van der Waals surface area contributed by atoms with Crippen molar-refractivity contribution >= 4 is 11.3 Å². The molecule has 0 spiro atoms. The van der Waals surface area contributed by atoms with Crippen LogP contribution >= 0.6 is 11.3 Å². The number of aromatic nitrogens is 1. The molecule has 1 N–H and O–H groups in total. The Kier molecular flexibility index (Phi) is 5.22. The predicted molar refractivity (Wildman–Crippen MR) is 64.3 cm³/mol. The molecule has 15 heavy (non-hydrogen) atoms. The van der Waals surface area contributed by atoms with Gasteiger partial charge in [-0.15, -0.1) is 11.3 Å². The number of methoxy groups -OCH3 is 1. The molecule has 0 bridgehead atoms. The normalized spacial score (nSPS) is 15.1. The lowest BCUT2D eigenvalue weighted by Crippen LogP contribution is -2.46. The smallest absolute Gasteiger partial charge is 0.115 e. The van der Waals surface area contributed by atoms with Crippen LogP contribution in [0.1, 0.15) is 31.7 Å². The molecule has 0 aliphatic carbocycles. The Morgan fingerprint density at radius 3 is 2.80 bits per heavy atom. The number of ether oxygens (including phenoxy) is 1. The van der Waals surface area contributed by atoms with Crippen LogP contribution in [0.15, 0.2) is 11.6 Å². The Bertz CT molecular complexity index is 264. The molecule has 0 aromatic carbocycles. The van der Waals surface area contributed by atoms with E-state index in [1.807, 2.05) is 11.6 Å². The van der Waals surface area contributed by atoms with Crippen molar-refractivity contribution in [2.24, 2.45) is 0 Å². The minimum absolute atomic E-state index is 0.0983. The van der Waals surface area contributed by atoms with Crippen molar-refractivity contribution < 1.29 is 4.74 Å². The van der Waals surface area contributed by atoms with Crippen molar-refractivity contribution in [3.05, 3.63) is 16.6 Å². The van der Waals surface area contributed by atoms with Crippen LogP contribution in [-0.4, -0.2) is 25.2 Å². The minimum atomic E-state index is -0.0983. The molecule has 1 unspecified atom stereocenters. The number of nitrogens with zero attached hydrogens (tertiary/aromatic N) is 1. The highest BCUT2D eigenvalue weighted by Gasteiger charge is 2.32. The van der Waals surface area contributed by atoms with Crippen molar-refractivity contribution in [2.75, 3.05) is 20.3 Å². The molecule has 0 saturated heterocycles. The fourth-order valence-corrected chi connectivity index (χ4v) is 2.51. The van der Waals surface area contributed by atoms with Crippen molar-refractivity contribution in [1.29, 1.82) is 0 Å². The molecule has 1 heterocycles. The lowest BCUT2D eigenvalue weighted by Gasteiger charge is -2.31. The Morgan fingerprint density at radius 2 is 2.33 bits per heavy atom. The standard InChI is InChI=1S/C11H20N2OS/c1-4-6-13-11(5-2,9-14-3)10-12-7-8-15-10/h7-8,13H,4-6,9H2,1-3H3. The largest absolute Gasteiger partial charge is 0.382 e. The van der Waals surface area contributed by atoms with E-state index in [0.717, 1.165) is 24.4 Å². The molecule has 86 valence electrons. The predicted octanol–water partition coefficient (Wildman–Crippen LogP) is 2.39. The van der Waals surface area contributed by atoms with Crippen molar-refractivity contribution in [2.45, 2.75) is 32.2 Å². The van der Waals surface area contributed by atoms with Crippen LogP contribution in [0.3, 0.4) is 0 Å². The first-order chi connectivity index (χ1) is 7.29. The van der Waals surface area contributed by atoms with Crippen molar-refractivity contribution in [3.63, 3.8) is 0 Å². The molecule has 0 aliphatic rings. The highest BCUT2D eigenvalue weighted by Crippen LogP contribution is 2.27. The second-order valence-corrected chi connectivity index (χ2v) is 4.53. The summed E-state index contributed by atoms with van der Waals surface area (Å²) in [5, 5.41) is 6.70. The second kappa shape index (κ2) is 6.20. The van der Waals surface area contributed by atoms with Gasteiger partial charge in [0.05, 0.1) is 12.1 Å². The summed E-state index contributed by atoms with van der Waals surface area (Å²) in [5.74, 6) is 0. The SMILES string of the molecule is CCCNC(CC)(COC)c1nccs1. The first-order valence-corrected chi connectivity index (χ1v) is 6.31. The molecule has 4 heteroatoms. The second-order valence-electron chi connectivity index (χ2n) is 3.63. The number of nitrogens with one attached hydrogen (secondary N) is 1. The zero-order valence-corrected chi connectivity index (χ0v) is 10.6. The maximum atomic E-state index is 5.32. The van der Waals surface area contributed by atoms with E-state index in [1.54, 1.807) is 18.4 Å². The van der Waals surface area contributed by atoms with Crippen molar-refractivity contribution in [3.8, 4) is 0 Å². The monoisotopic (exact) mass is 228 g/mol. The number of rotatable bonds is 7. The molecule has 1 aromatic rings. The summed E-state index contributed by atoms with van der Waals surface area (Å²) >= 11 is 1.69. The average Bonchev–Trinajstić information content (AvgIpc) is 2.78. The zero-order chi connectivity index (χ0) is 11.1. The Hall–Kier alpha value is -0.450. The molecule has 1 rings (SSSR count). The third-order valence-electron chi connectivity index (χ3n) is 2.55. The Morgan fingerprint density at radius 1 is 1.53 bits per heavy atom. The van der Waals surface area contributed by atoms with Crippen LogP contribution in [0.25, 0.3) is 0 Å². The highest BCUT2D eigenvalue weighted by atomic mass is 32.1. The lowest BCUT2D eigenvalue weighted by atomic mass is 9.98. The van der Waals surface area contributed by atoms with E-state index in [9.17, 15) is 0 Å². The number of thiazole rings is 1. The van der Waals surface area contributed by atoms with E-state index in [4.69, 9.17) is 4.74 Å². The summed E-state index contributed by atoms with van der Waals surface area (Å²) in [6.45, 7) is 6.01. The first kappa shape index (κ1) is 12.6. The van der Waals surface area contributed by atoms with Crippen LogP contribution in [0.2, 0.25) is 0 Å². The molecule has 1 aromatic heterocycles. The number of hydrogen-bond acceptors (Lipinski definition) is 4. The summed E-state index contributed by atoms with van der Waals surface area (Å²) in [5.41, 5.74) is -0.0983. The Labute approximate surface area is 95.9 Å². The molecular weight excluding hydrogens is 208 g/mol. The summed E-state index contributed by atoms with van der Waals surface area (Å²) in [6.07, 6.45) is 3.97. The summed E-state index contributed by atoms with van der Waals surface area (Å²) in [6, 6.07) is 0. The minimum Gasteiger partial charge on any atom is -0.382 e. The van der Waals surface area contributed by atoms with Gasteiger partial charge in [-0.05, 0) is 19.4 Å². The summed E-state index contributed by atoms with van der Waals surface area (Å²) < 4.78 is 5.32. The van der Waals surface area contributed by atoms with Gasteiger partial charge in [-0.1, -0.05) is 13.8 Å². The molecule has 0 saturated carbocycles. The van der Waals surface area contributed by atoms with Crippen LogP contribution in [0.5, 0.6) is 0 Å². The molecule has 0 fully saturated rings. The van der Waals surface area contributed by atoms with Gasteiger partial charge in [-0.3, -0.25) is 0 Å². The van der Waals surface area contributed by atoms with E-state index < -0.39 is 0 Å². The molecule has 0 radical (unpaired) electrons. The maximum Gasteiger partial charge on any atom is 0.115 e. The zero-order valence-electron chi connectivity index (χ0n) is 9.75. The number of hydrogen-bond donors (Lipinski definition) is 1. The van der Waals surface area contributed by atoms with E-state index in [1.165, 1.54) is 0 Å². The molecule has 3 nitrogen and oxygen atoms in total. The van der Waals surface area contributed by atoms with E-state index >= 15 is 0 Å². The molecule has 1 atom stereocenters. The third kappa shape index (κ3) is 3.00. The van der Waals surface area contributed by atoms with Gasteiger partial charge in [-0.2, -0.15) is 0 Å². The third-order valence-corrected chi connectivity index (χ3v) is 3.53. The summed E-state index contributed by atoms with van der Waals surface area (Å²) in [4.78, 5) is 4.41. The first-order valence-electron chi connectivity index (χ1n) is 5.43. The lowest BCUT2D eigenvalue weighted by molar-refractivity contribution is 0.104. The van der Waals surface area contributed by atoms with Crippen LogP contribution in [-0.2, 0) is 10.3 Å². The van der Waals surface area contributed by atoms with Gasteiger partial charge in [0.2, 0.25) is 0 Å². The summed E-state index contributed by atoms with van der Waals surface area (Å²) in [7, 11) is 1.74. The van der Waals surface area contributed by atoms with Crippen molar-refractivity contribution in [1.82, 2.24) is 10.3 Å². The van der Waals surface area contributed by atoms with Crippen LogP contribution in [0, 0.1) is 0 Å². The fraction of sp³-hybridized carbons (Fsp3) is 0.727. The molecule has 0 amide bonds. The molecule has 0 aliphatic heterocycles. The highest BCUT2D eigenvalue weighted by molar-refractivity contribution is 7.09. The van der Waals surface area contributed by atoms with Crippen LogP contribution < -0.4 is 5.32 Å². The van der Waals surface area contributed by atoms with Gasteiger partial charge >= 0.3 is 0 Å². The quantitative estimate of drug-likeness (QED) is 0.778. The van der Waals surface area contributed by atoms with Gasteiger partial charge < -0.3 is 10.1 Å². The van der Waals surface area contributed by atoms with Gasteiger partial charge in [-0.25, -0.2) is 4.98 Å². The Balaban J connectivity index is 2.82. The fourth-order valence-electron chi connectivity index (χ4n) is 1.64. The van der Waals surface area contributed by atoms with E-state index in [-0.39, 0.29) is 5.54 Å². The van der Waals surface area contributed by atoms with Gasteiger partial charge in [0.25, 0.3) is 0 Å². The average molecular weight is 228 g/mol. The molecular formula is C11H20N2OS. The maximum absolute atomic E-state index is 5.32. The van der Waals surface area contributed by atoms with Crippen LogP contribution in [0.4, 0.5) is 0 Å². The van der Waals surface area contributed by atoms with Gasteiger partial charge in [0, 0.05) is 18.7 Å². The van der Waals surface area contributed by atoms with Gasteiger partial charge in [0.15, 0.2) is 0 Å².